The van der Waals surface area contributed by atoms with Crippen molar-refractivity contribution in [3.05, 3.63) is 35.4 Å². The van der Waals surface area contributed by atoms with Crippen molar-refractivity contribution in [1.82, 2.24) is 5.32 Å². The van der Waals surface area contributed by atoms with Gasteiger partial charge in [-0.05, 0) is 61.3 Å². The van der Waals surface area contributed by atoms with E-state index in [0.717, 1.165) is 18.2 Å². The maximum Gasteiger partial charge on any atom is 0.126 e. The van der Waals surface area contributed by atoms with Crippen molar-refractivity contribution in [3.8, 4) is 0 Å². The van der Waals surface area contributed by atoms with Crippen LogP contribution in [0.15, 0.2) is 18.2 Å². The summed E-state index contributed by atoms with van der Waals surface area (Å²) in [6.45, 7) is 7.73. The summed E-state index contributed by atoms with van der Waals surface area (Å²) in [6.07, 6.45) is 4.33. The maximum absolute atomic E-state index is 13.1. The molecular formula is C17H25F2N. The maximum atomic E-state index is 13.1. The molecule has 1 N–H and O–H groups in total. The van der Waals surface area contributed by atoms with Crippen molar-refractivity contribution in [3.63, 3.8) is 0 Å². The zero-order valence-corrected chi connectivity index (χ0v) is 12.7. The highest BCUT2D eigenvalue weighted by Gasteiger charge is 2.31. The molecule has 112 valence electrons. The van der Waals surface area contributed by atoms with Crippen LogP contribution < -0.4 is 5.32 Å². The van der Waals surface area contributed by atoms with Gasteiger partial charge in [-0.2, -0.15) is 0 Å². The molecule has 2 atom stereocenters. The van der Waals surface area contributed by atoms with Crippen LogP contribution in [0.5, 0.6) is 0 Å². The van der Waals surface area contributed by atoms with Crippen molar-refractivity contribution in [1.29, 1.82) is 0 Å². The van der Waals surface area contributed by atoms with Crippen LogP contribution in [0.25, 0.3) is 0 Å². The summed E-state index contributed by atoms with van der Waals surface area (Å²) < 4.78 is 26.2. The Morgan fingerprint density at radius 2 is 1.85 bits per heavy atom. The molecule has 1 fully saturated rings. The normalized spacial score (nSPS) is 25.6. The number of benzene rings is 1. The van der Waals surface area contributed by atoms with E-state index in [9.17, 15) is 8.78 Å². The molecule has 1 aromatic carbocycles. The van der Waals surface area contributed by atoms with Crippen LogP contribution in [-0.2, 0) is 6.42 Å². The van der Waals surface area contributed by atoms with Crippen molar-refractivity contribution in [2.75, 3.05) is 6.54 Å². The summed E-state index contributed by atoms with van der Waals surface area (Å²) in [5.74, 6) is -0.330. The second kappa shape index (κ2) is 6.21. The molecule has 20 heavy (non-hydrogen) atoms. The number of nitrogens with one attached hydrogen (secondary N) is 1. The van der Waals surface area contributed by atoms with E-state index in [1.54, 1.807) is 0 Å². The average molecular weight is 281 g/mol. The lowest BCUT2D eigenvalue weighted by molar-refractivity contribution is 0.149. The van der Waals surface area contributed by atoms with Crippen LogP contribution in [0.1, 0.15) is 45.6 Å². The minimum absolute atomic E-state index is 0.448. The fourth-order valence-corrected chi connectivity index (χ4v) is 3.41. The molecular weight excluding hydrogens is 256 g/mol. The highest BCUT2D eigenvalue weighted by Crippen LogP contribution is 2.38. The van der Waals surface area contributed by atoms with E-state index >= 15 is 0 Å². The van der Waals surface area contributed by atoms with Crippen LogP contribution in [0.2, 0.25) is 0 Å². The molecule has 0 saturated heterocycles. The molecule has 0 spiro atoms. The summed E-state index contributed by atoms with van der Waals surface area (Å²) in [5.41, 5.74) is 1.17. The van der Waals surface area contributed by atoms with Crippen LogP contribution in [0.3, 0.4) is 0 Å². The zero-order chi connectivity index (χ0) is 14.8. The van der Waals surface area contributed by atoms with Gasteiger partial charge in [0.2, 0.25) is 0 Å². The van der Waals surface area contributed by atoms with Crippen LogP contribution in [-0.4, -0.2) is 12.6 Å². The highest BCUT2D eigenvalue weighted by molar-refractivity contribution is 5.18. The number of halogens is 2. The second-order valence-corrected chi connectivity index (χ2v) is 6.97. The standard InChI is InChI=1S/C17H25F2N/c1-12-11-17(2,3)6-4-16(12)20-7-5-13-8-14(18)10-15(19)9-13/h8-10,12,16,20H,4-7,11H2,1-3H3. The molecule has 0 bridgehead atoms. The predicted molar refractivity (Wildman–Crippen MR) is 78.6 cm³/mol. The quantitative estimate of drug-likeness (QED) is 0.867. The number of hydrogen-bond donors (Lipinski definition) is 1. The SMILES string of the molecule is CC1CC(C)(C)CCC1NCCc1cc(F)cc(F)c1. The Bertz CT molecular complexity index is 436. The summed E-state index contributed by atoms with van der Waals surface area (Å²) >= 11 is 0. The molecule has 0 aliphatic heterocycles. The summed E-state index contributed by atoms with van der Waals surface area (Å²) in [6, 6.07) is 4.28. The van der Waals surface area contributed by atoms with E-state index in [1.807, 2.05) is 0 Å². The van der Waals surface area contributed by atoms with E-state index in [2.05, 4.69) is 26.1 Å². The van der Waals surface area contributed by atoms with Gasteiger partial charge in [0, 0.05) is 12.1 Å². The Hall–Kier alpha value is -0.960. The van der Waals surface area contributed by atoms with E-state index in [-0.39, 0.29) is 0 Å². The van der Waals surface area contributed by atoms with E-state index in [1.165, 1.54) is 31.4 Å². The van der Waals surface area contributed by atoms with E-state index in [0.29, 0.717) is 23.8 Å². The molecule has 0 radical (unpaired) electrons. The topological polar surface area (TPSA) is 12.0 Å². The molecule has 2 rings (SSSR count). The lowest BCUT2D eigenvalue weighted by Crippen LogP contribution is -2.42. The average Bonchev–Trinajstić information content (AvgIpc) is 2.30. The van der Waals surface area contributed by atoms with Crippen LogP contribution in [0.4, 0.5) is 8.78 Å². The van der Waals surface area contributed by atoms with Gasteiger partial charge in [-0.25, -0.2) is 8.78 Å². The smallest absolute Gasteiger partial charge is 0.126 e. The van der Waals surface area contributed by atoms with E-state index in [4.69, 9.17) is 0 Å². The molecule has 1 aromatic rings. The molecule has 0 amide bonds. The molecule has 0 aromatic heterocycles. The van der Waals surface area contributed by atoms with Gasteiger partial charge in [-0.15, -0.1) is 0 Å². The molecule has 2 unspecified atom stereocenters. The van der Waals surface area contributed by atoms with Crippen molar-refractivity contribution in [2.45, 2.75) is 52.5 Å². The van der Waals surface area contributed by atoms with Gasteiger partial charge in [-0.3, -0.25) is 0 Å². The van der Waals surface area contributed by atoms with E-state index < -0.39 is 11.6 Å². The largest absolute Gasteiger partial charge is 0.313 e. The first kappa shape index (κ1) is 15.4. The molecule has 1 aliphatic rings. The van der Waals surface area contributed by atoms with Crippen molar-refractivity contribution >= 4 is 0 Å². The van der Waals surface area contributed by atoms with Crippen molar-refractivity contribution < 1.29 is 8.78 Å². The second-order valence-electron chi connectivity index (χ2n) is 6.97. The fraction of sp³-hybridized carbons (Fsp3) is 0.647. The first-order valence-corrected chi connectivity index (χ1v) is 7.54. The lowest BCUT2D eigenvalue weighted by atomic mass is 9.70. The first-order valence-electron chi connectivity index (χ1n) is 7.54. The fourth-order valence-electron chi connectivity index (χ4n) is 3.41. The minimum Gasteiger partial charge on any atom is -0.313 e. The van der Waals surface area contributed by atoms with Gasteiger partial charge in [0.1, 0.15) is 11.6 Å². The zero-order valence-electron chi connectivity index (χ0n) is 12.7. The first-order chi connectivity index (χ1) is 9.35. The Kier molecular flexibility index (Phi) is 4.79. The Labute approximate surface area is 120 Å². The Morgan fingerprint density at radius 1 is 1.20 bits per heavy atom. The Balaban J connectivity index is 1.81. The Morgan fingerprint density at radius 3 is 2.45 bits per heavy atom. The third-order valence-electron chi connectivity index (χ3n) is 4.44. The number of rotatable bonds is 4. The molecule has 0 heterocycles. The molecule has 1 nitrogen and oxygen atoms in total. The third-order valence-corrected chi connectivity index (χ3v) is 4.44. The van der Waals surface area contributed by atoms with Gasteiger partial charge in [-0.1, -0.05) is 20.8 Å². The highest BCUT2D eigenvalue weighted by atomic mass is 19.1. The summed E-state index contributed by atoms with van der Waals surface area (Å²) in [5, 5.41) is 3.55. The van der Waals surface area contributed by atoms with Crippen LogP contribution >= 0.6 is 0 Å². The number of hydrogen-bond acceptors (Lipinski definition) is 1. The third kappa shape index (κ3) is 4.27. The minimum atomic E-state index is -0.493. The summed E-state index contributed by atoms with van der Waals surface area (Å²) in [4.78, 5) is 0. The molecule has 1 aliphatic carbocycles. The monoisotopic (exact) mass is 281 g/mol. The van der Waals surface area contributed by atoms with Crippen LogP contribution in [0, 0.1) is 23.0 Å². The van der Waals surface area contributed by atoms with Gasteiger partial charge in [0.15, 0.2) is 0 Å². The predicted octanol–water partition coefficient (Wildman–Crippen LogP) is 4.31. The molecule has 3 heteroatoms. The van der Waals surface area contributed by atoms with Gasteiger partial charge >= 0.3 is 0 Å². The van der Waals surface area contributed by atoms with Gasteiger partial charge in [0.05, 0.1) is 0 Å². The lowest BCUT2D eigenvalue weighted by Gasteiger charge is -2.39. The van der Waals surface area contributed by atoms with Crippen molar-refractivity contribution in [2.24, 2.45) is 11.3 Å². The van der Waals surface area contributed by atoms with Gasteiger partial charge < -0.3 is 5.32 Å². The summed E-state index contributed by atoms with van der Waals surface area (Å²) in [7, 11) is 0. The van der Waals surface area contributed by atoms with Gasteiger partial charge in [0.25, 0.3) is 0 Å². The molecule has 1 saturated carbocycles.